The number of benzene rings is 3. The lowest BCUT2D eigenvalue weighted by Gasteiger charge is -2.22. The number of rotatable bonds is 6. The Bertz CT molecular complexity index is 1480. The predicted molar refractivity (Wildman–Crippen MR) is 146 cm³/mol. The van der Waals surface area contributed by atoms with Crippen LogP contribution in [0.4, 0.5) is 5.13 Å². The van der Waals surface area contributed by atoms with Crippen LogP contribution in [0.5, 0.6) is 0 Å². The Morgan fingerprint density at radius 3 is 2.42 bits per heavy atom. The average Bonchev–Trinajstić information content (AvgIpc) is 3.46. The third kappa shape index (κ3) is 4.84. The minimum atomic E-state index is -0.843. The Morgan fingerprint density at radius 1 is 1.00 bits per heavy atom. The maximum Gasteiger partial charge on any atom is 0.301 e. The number of aliphatic hydroxyl groups excluding tert-OH is 1. The van der Waals surface area contributed by atoms with E-state index in [0.717, 1.165) is 10.0 Å². The molecular weight excluding hydrogens is 582 g/mol. The highest BCUT2D eigenvalue weighted by molar-refractivity contribution is 9.10. The van der Waals surface area contributed by atoms with Crippen LogP contribution >= 0.6 is 50.6 Å². The summed E-state index contributed by atoms with van der Waals surface area (Å²) in [4.78, 5) is 27.8. The number of thioether (sulfide) groups is 1. The van der Waals surface area contributed by atoms with Crippen LogP contribution in [0, 0.1) is 0 Å². The summed E-state index contributed by atoms with van der Waals surface area (Å²) in [5.74, 6) is -1.19. The molecule has 0 spiro atoms. The minimum absolute atomic E-state index is 0.00833. The monoisotopic (exact) mass is 597 g/mol. The highest BCUT2D eigenvalue weighted by atomic mass is 79.9. The van der Waals surface area contributed by atoms with E-state index in [1.54, 1.807) is 24.3 Å². The van der Waals surface area contributed by atoms with Gasteiger partial charge in [0, 0.05) is 20.8 Å². The maximum atomic E-state index is 13.3. The molecule has 1 aromatic heterocycles. The fourth-order valence-corrected chi connectivity index (χ4v) is 6.27. The molecule has 1 unspecified atom stereocenters. The number of nitrogens with zero attached hydrogens (tertiary/aromatic N) is 3. The molecule has 1 saturated heterocycles. The number of aromatic nitrogens is 2. The van der Waals surface area contributed by atoms with Gasteiger partial charge in [-0.05, 0) is 29.3 Å². The number of Topliss-reactive ketones (excluding diaryl/α,β-unsaturated/α-hetero) is 1. The smallest absolute Gasteiger partial charge is 0.301 e. The van der Waals surface area contributed by atoms with Crippen molar-refractivity contribution in [2.24, 2.45) is 0 Å². The minimum Gasteiger partial charge on any atom is -0.507 e. The van der Waals surface area contributed by atoms with Crippen molar-refractivity contribution in [1.82, 2.24) is 10.2 Å². The van der Waals surface area contributed by atoms with E-state index in [1.165, 1.54) is 28.0 Å². The number of halogens is 2. The molecule has 0 saturated carbocycles. The highest BCUT2D eigenvalue weighted by Crippen LogP contribution is 2.44. The van der Waals surface area contributed by atoms with Gasteiger partial charge in [-0.15, -0.1) is 10.2 Å². The third-order valence-corrected chi connectivity index (χ3v) is 8.59. The van der Waals surface area contributed by atoms with Crippen LogP contribution in [-0.4, -0.2) is 27.0 Å². The first kappa shape index (κ1) is 24.7. The van der Waals surface area contributed by atoms with Crippen molar-refractivity contribution in [1.29, 1.82) is 0 Å². The molecule has 180 valence electrons. The molecule has 0 radical (unpaired) electrons. The Kier molecular flexibility index (Phi) is 7.25. The number of anilines is 1. The molecule has 10 heteroatoms. The Labute approximate surface area is 228 Å². The second-order valence-corrected chi connectivity index (χ2v) is 11.3. The number of aliphatic hydroxyl groups is 1. The molecular formula is C26H17BrClN3O3S2. The van der Waals surface area contributed by atoms with E-state index < -0.39 is 17.7 Å². The third-order valence-electron chi connectivity index (χ3n) is 5.59. The molecule has 4 aromatic rings. The van der Waals surface area contributed by atoms with E-state index >= 15 is 0 Å². The van der Waals surface area contributed by atoms with Crippen molar-refractivity contribution in [3.8, 4) is 0 Å². The summed E-state index contributed by atoms with van der Waals surface area (Å²) >= 11 is 12.3. The van der Waals surface area contributed by atoms with Gasteiger partial charge < -0.3 is 5.11 Å². The molecule has 1 amide bonds. The zero-order chi connectivity index (χ0) is 25.2. The summed E-state index contributed by atoms with van der Waals surface area (Å²) in [7, 11) is 0. The number of amides is 1. The Balaban J connectivity index is 1.53. The summed E-state index contributed by atoms with van der Waals surface area (Å²) in [6.07, 6.45) is 0. The van der Waals surface area contributed by atoms with Crippen molar-refractivity contribution in [3.63, 3.8) is 0 Å². The van der Waals surface area contributed by atoms with Crippen LogP contribution in [-0.2, 0) is 15.3 Å². The predicted octanol–water partition coefficient (Wildman–Crippen LogP) is 6.87. The number of ketones is 1. The molecule has 5 rings (SSSR count). The van der Waals surface area contributed by atoms with Crippen LogP contribution in [0.15, 0.2) is 93.2 Å². The van der Waals surface area contributed by atoms with Crippen molar-refractivity contribution >= 4 is 73.2 Å². The quantitative estimate of drug-likeness (QED) is 0.0857. The number of carbonyl (C=O) groups excluding carboxylic acids is 2. The van der Waals surface area contributed by atoms with Crippen LogP contribution < -0.4 is 4.90 Å². The molecule has 2 heterocycles. The van der Waals surface area contributed by atoms with E-state index in [9.17, 15) is 14.7 Å². The summed E-state index contributed by atoms with van der Waals surface area (Å²) in [6, 6.07) is 22.7. The van der Waals surface area contributed by atoms with Crippen molar-refractivity contribution in [3.05, 3.63) is 111 Å². The number of hydrogen-bond donors (Lipinski definition) is 1. The van der Waals surface area contributed by atoms with Crippen molar-refractivity contribution < 1.29 is 14.7 Å². The van der Waals surface area contributed by atoms with Crippen LogP contribution in [0.2, 0.25) is 5.02 Å². The zero-order valence-corrected chi connectivity index (χ0v) is 22.4. The lowest BCUT2D eigenvalue weighted by Crippen LogP contribution is -2.29. The van der Waals surface area contributed by atoms with E-state index in [1.807, 2.05) is 54.6 Å². The van der Waals surface area contributed by atoms with Crippen LogP contribution in [0.1, 0.15) is 22.7 Å². The summed E-state index contributed by atoms with van der Waals surface area (Å²) < 4.78 is 1.46. The molecule has 6 nitrogen and oxygen atoms in total. The largest absolute Gasteiger partial charge is 0.507 e. The summed E-state index contributed by atoms with van der Waals surface area (Å²) in [6.45, 7) is 0. The second-order valence-electron chi connectivity index (χ2n) is 7.82. The molecule has 1 aliphatic rings. The summed E-state index contributed by atoms with van der Waals surface area (Å²) in [5, 5.41) is 20.6. The van der Waals surface area contributed by atoms with Gasteiger partial charge in [0.2, 0.25) is 5.13 Å². The number of carbonyl (C=O) groups is 2. The Morgan fingerprint density at radius 2 is 1.69 bits per heavy atom. The zero-order valence-electron chi connectivity index (χ0n) is 18.5. The first-order valence-corrected chi connectivity index (χ1v) is 13.7. The fourth-order valence-electron chi connectivity index (χ4n) is 3.86. The molecule has 1 atom stereocenters. The second kappa shape index (κ2) is 10.6. The van der Waals surface area contributed by atoms with Gasteiger partial charge in [0.15, 0.2) is 4.34 Å². The fraction of sp³-hybridized carbons (Fsp3) is 0.0769. The normalized spacial score (nSPS) is 17.1. The molecule has 3 aromatic carbocycles. The van der Waals surface area contributed by atoms with Crippen molar-refractivity contribution in [2.75, 3.05) is 4.90 Å². The van der Waals surface area contributed by atoms with E-state index in [-0.39, 0.29) is 16.5 Å². The van der Waals surface area contributed by atoms with Gasteiger partial charge >= 0.3 is 5.91 Å². The Hall–Kier alpha value is -2.98. The molecule has 1 N–H and O–H groups in total. The molecule has 0 bridgehead atoms. The SMILES string of the molecule is O=C1C(=O)N(c2nnc(SCc3ccccc3Cl)s2)C(c2ccccc2)/C1=C(/O)c1ccc(Br)cc1. The van der Waals surface area contributed by atoms with Gasteiger partial charge in [0.25, 0.3) is 5.78 Å². The number of hydrogen-bond acceptors (Lipinski definition) is 7. The van der Waals surface area contributed by atoms with Gasteiger partial charge in [-0.25, -0.2) is 0 Å². The molecule has 1 fully saturated rings. The molecule has 36 heavy (non-hydrogen) atoms. The van der Waals surface area contributed by atoms with Gasteiger partial charge in [0.1, 0.15) is 5.76 Å². The van der Waals surface area contributed by atoms with Gasteiger partial charge in [-0.1, -0.05) is 111 Å². The standard InChI is InChI=1S/C26H17BrClN3O3S2/c27-18-12-10-16(11-13-18)22(32)20-21(15-6-2-1-3-7-15)31(24(34)23(20)33)25-29-30-26(36-25)35-14-17-8-4-5-9-19(17)28/h1-13,21,32H,14H2/b22-20-. The molecule has 1 aliphatic heterocycles. The van der Waals surface area contributed by atoms with E-state index in [4.69, 9.17) is 11.6 Å². The maximum absolute atomic E-state index is 13.3. The van der Waals surface area contributed by atoms with Gasteiger partial charge in [-0.3, -0.25) is 14.5 Å². The highest BCUT2D eigenvalue weighted by Gasteiger charge is 2.48. The lowest BCUT2D eigenvalue weighted by atomic mass is 9.95. The van der Waals surface area contributed by atoms with Gasteiger partial charge in [0.05, 0.1) is 11.6 Å². The van der Waals surface area contributed by atoms with Gasteiger partial charge in [-0.2, -0.15) is 0 Å². The lowest BCUT2D eigenvalue weighted by molar-refractivity contribution is -0.132. The summed E-state index contributed by atoms with van der Waals surface area (Å²) in [5.41, 5.74) is 2.08. The van der Waals surface area contributed by atoms with E-state index in [0.29, 0.717) is 26.2 Å². The van der Waals surface area contributed by atoms with Crippen LogP contribution in [0.25, 0.3) is 5.76 Å². The van der Waals surface area contributed by atoms with Crippen LogP contribution in [0.3, 0.4) is 0 Å². The molecule has 0 aliphatic carbocycles. The van der Waals surface area contributed by atoms with Crippen molar-refractivity contribution in [2.45, 2.75) is 16.1 Å². The topological polar surface area (TPSA) is 83.4 Å². The average molecular weight is 599 g/mol. The first-order valence-electron chi connectivity index (χ1n) is 10.8. The first-order chi connectivity index (χ1) is 17.4. The van der Waals surface area contributed by atoms with E-state index in [2.05, 4.69) is 26.1 Å².